The zero-order valence-corrected chi connectivity index (χ0v) is 10.2. The lowest BCUT2D eigenvalue weighted by Gasteiger charge is -2.31. The Bertz CT molecular complexity index is 300. The number of rotatable bonds is 3. The monoisotopic (exact) mass is 224 g/mol. The smallest absolute Gasteiger partial charge is 0.0106 e. The highest BCUT2D eigenvalue weighted by atomic mass is 32.1. The molecule has 1 aromatic heterocycles. The Labute approximate surface area is 96.1 Å². The Morgan fingerprint density at radius 1 is 1.47 bits per heavy atom. The van der Waals surface area contributed by atoms with E-state index >= 15 is 0 Å². The normalized spacial score (nSPS) is 19.6. The van der Waals surface area contributed by atoms with Crippen LogP contribution in [0.1, 0.15) is 29.2 Å². The fraction of sp³-hybridized carbons (Fsp3) is 0.667. The molecule has 0 amide bonds. The molecular weight excluding hydrogens is 204 g/mol. The maximum absolute atomic E-state index is 5.57. The van der Waals surface area contributed by atoms with E-state index in [0.717, 1.165) is 19.0 Å². The van der Waals surface area contributed by atoms with Crippen LogP contribution in [-0.2, 0) is 0 Å². The zero-order valence-electron chi connectivity index (χ0n) is 9.41. The molecule has 0 bridgehead atoms. The third kappa shape index (κ3) is 2.60. The fourth-order valence-electron chi connectivity index (χ4n) is 2.40. The first-order valence-electron chi connectivity index (χ1n) is 5.77. The molecule has 1 aliphatic rings. The van der Waals surface area contributed by atoms with Crippen molar-refractivity contribution in [2.24, 2.45) is 5.73 Å². The summed E-state index contributed by atoms with van der Waals surface area (Å²) in [7, 11) is 0. The highest BCUT2D eigenvalue weighted by Gasteiger charge is 2.21. The lowest BCUT2D eigenvalue weighted by molar-refractivity contribution is 0.218. The Hall–Kier alpha value is -0.380. The van der Waals surface area contributed by atoms with Crippen LogP contribution in [0.3, 0.4) is 0 Å². The average Bonchev–Trinajstić information content (AvgIpc) is 2.66. The number of nitrogens with zero attached hydrogens (tertiary/aromatic N) is 1. The standard InChI is InChI=1S/C12H20N2S/c1-10-4-9-15-12(10)11-2-6-14(7-3-11)8-5-13/h4,9,11H,2-3,5-8,13H2,1H3. The molecule has 0 unspecified atom stereocenters. The van der Waals surface area contributed by atoms with Gasteiger partial charge in [0.1, 0.15) is 0 Å². The van der Waals surface area contributed by atoms with E-state index in [1.807, 2.05) is 11.3 Å². The zero-order chi connectivity index (χ0) is 10.7. The average molecular weight is 224 g/mol. The minimum absolute atomic E-state index is 0.794. The summed E-state index contributed by atoms with van der Waals surface area (Å²) in [6, 6.07) is 2.24. The molecule has 0 aliphatic carbocycles. The van der Waals surface area contributed by atoms with E-state index in [4.69, 9.17) is 5.73 Å². The second-order valence-electron chi connectivity index (χ2n) is 4.37. The van der Waals surface area contributed by atoms with Crippen molar-refractivity contribution in [2.75, 3.05) is 26.2 Å². The summed E-state index contributed by atoms with van der Waals surface area (Å²) in [5.41, 5.74) is 7.06. The third-order valence-electron chi connectivity index (χ3n) is 3.31. The minimum Gasteiger partial charge on any atom is -0.329 e. The summed E-state index contributed by atoms with van der Waals surface area (Å²) in [5, 5.41) is 2.22. The van der Waals surface area contributed by atoms with Gasteiger partial charge in [-0.15, -0.1) is 11.3 Å². The minimum atomic E-state index is 0.794. The van der Waals surface area contributed by atoms with Crippen LogP contribution in [0.2, 0.25) is 0 Å². The van der Waals surface area contributed by atoms with Gasteiger partial charge >= 0.3 is 0 Å². The van der Waals surface area contributed by atoms with Gasteiger partial charge in [-0.3, -0.25) is 0 Å². The number of piperidine rings is 1. The summed E-state index contributed by atoms with van der Waals surface area (Å²) in [6.45, 7) is 6.54. The van der Waals surface area contributed by atoms with Gasteiger partial charge in [-0.05, 0) is 55.8 Å². The van der Waals surface area contributed by atoms with Crippen molar-refractivity contribution in [3.05, 3.63) is 21.9 Å². The molecule has 0 atom stereocenters. The van der Waals surface area contributed by atoms with Crippen LogP contribution < -0.4 is 5.73 Å². The Kier molecular flexibility index (Phi) is 3.78. The van der Waals surface area contributed by atoms with Crippen molar-refractivity contribution in [3.63, 3.8) is 0 Å². The van der Waals surface area contributed by atoms with Crippen LogP contribution >= 0.6 is 11.3 Å². The summed E-state index contributed by atoms with van der Waals surface area (Å²) < 4.78 is 0. The van der Waals surface area contributed by atoms with Gasteiger partial charge in [0, 0.05) is 18.0 Å². The van der Waals surface area contributed by atoms with Gasteiger partial charge in [0.2, 0.25) is 0 Å². The van der Waals surface area contributed by atoms with Gasteiger partial charge in [0.25, 0.3) is 0 Å². The molecule has 2 N–H and O–H groups in total. The van der Waals surface area contributed by atoms with E-state index < -0.39 is 0 Å². The van der Waals surface area contributed by atoms with Crippen LogP contribution in [-0.4, -0.2) is 31.1 Å². The van der Waals surface area contributed by atoms with E-state index in [2.05, 4.69) is 23.3 Å². The quantitative estimate of drug-likeness (QED) is 0.853. The maximum atomic E-state index is 5.57. The van der Waals surface area contributed by atoms with E-state index in [0.29, 0.717) is 0 Å². The molecule has 1 saturated heterocycles. The largest absolute Gasteiger partial charge is 0.329 e. The molecule has 0 radical (unpaired) electrons. The van der Waals surface area contributed by atoms with Crippen LogP contribution in [0.4, 0.5) is 0 Å². The second-order valence-corrected chi connectivity index (χ2v) is 5.32. The topological polar surface area (TPSA) is 29.3 Å². The Balaban J connectivity index is 1.91. The molecule has 15 heavy (non-hydrogen) atoms. The molecule has 3 heteroatoms. The molecule has 1 aromatic rings. The van der Waals surface area contributed by atoms with Crippen molar-refractivity contribution in [1.29, 1.82) is 0 Å². The Morgan fingerprint density at radius 2 is 2.20 bits per heavy atom. The van der Waals surface area contributed by atoms with Gasteiger partial charge in [-0.2, -0.15) is 0 Å². The predicted molar refractivity (Wildman–Crippen MR) is 66.5 cm³/mol. The molecule has 1 fully saturated rings. The van der Waals surface area contributed by atoms with E-state index in [9.17, 15) is 0 Å². The van der Waals surface area contributed by atoms with Crippen LogP contribution in [0.5, 0.6) is 0 Å². The first kappa shape index (κ1) is 11.1. The number of aryl methyl sites for hydroxylation is 1. The number of likely N-dealkylation sites (tertiary alicyclic amines) is 1. The van der Waals surface area contributed by atoms with Crippen LogP contribution in [0.15, 0.2) is 11.4 Å². The highest BCUT2D eigenvalue weighted by Crippen LogP contribution is 2.33. The number of nitrogens with two attached hydrogens (primary N) is 1. The van der Waals surface area contributed by atoms with Crippen LogP contribution in [0, 0.1) is 6.92 Å². The number of thiophene rings is 1. The fourth-order valence-corrected chi connectivity index (χ4v) is 3.50. The van der Waals surface area contributed by atoms with Gasteiger partial charge in [-0.1, -0.05) is 0 Å². The molecule has 2 nitrogen and oxygen atoms in total. The third-order valence-corrected chi connectivity index (χ3v) is 4.49. The summed E-state index contributed by atoms with van der Waals surface area (Å²) >= 11 is 1.93. The highest BCUT2D eigenvalue weighted by molar-refractivity contribution is 7.10. The lowest BCUT2D eigenvalue weighted by Crippen LogP contribution is -2.36. The number of hydrogen-bond acceptors (Lipinski definition) is 3. The molecule has 84 valence electrons. The van der Waals surface area contributed by atoms with Crippen molar-refractivity contribution in [1.82, 2.24) is 4.90 Å². The van der Waals surface area contributed by atoms with E-state index in [1.165, 1.54) is 31.5 Å². The summed E-state index contributed by atoms with van der Waals surface area (Å²) in [6.07, 6.45) is 2.61. The summed E-state index contributed by atoms with van der Waals surface area (Å²) in [4.78, 5) is 4.10. The first-order valence-corrected chi connectivity index (χ1v) is 6.65. The van der Waals surface area contributed by atoms with Crippen molar-refractivity contribution >= 4 is 11.3 Å². The molecule has 0 aromatic carbocycles. The number of hydrogen-bond donors (Lipinski definition) is 1. The Morgan fingerprint density at radius 3 is 2.73 bits per heavy atom. The van der Waals surface area contributed by atoms with Gasteiger partial charge < -0.3 is 10.6 Å². The lowest BCUT2D eigenvalue weighted by atomic mass is 9.93. The van der Waals surface area contributed by atoms with Crippen molar-refractivity contribution < 1.29 is 0 Å². The van der Waals surface area contributed by atoms with Gasteiger partial charge in [0.15, 0.2) is 0 Å². The SMILES string of the molecule is Cc1ccsc1C1CCN(CCN)CC1. The maximum Gasteiger partial charge on any atom is 0.0106 e. The van der Waals surface area contributed by atoms with Crippen LogP contribution in [0.25, 0.3) is 0 Å². The molecule has 0 spiro atoms. The summed E-state index contributed by atoms with van der Waals surface area (Å²) in [5.74, 6) is 0.805. The van der Waals surface area contributed by atoms with Crippen molar-refractivity contribution in [2.45, 2.75) is 25.7 Å². The molecule has 2 rings (SSSR count). The van der Waals surface area contributed by atoms with Gasteiger partial charge in [-0.25, -0.2) is 0 Å². The van der Waals surface area contributed by atoms with Crippen molar-refractivity contribution in [3.8, 4) is 0 Å². The molecule has 0 saturated carbocycles. The predicted octanol–water partition coefficient (Wildman–Crippen LogP) is 2.19. The van der Waals surface area contributed by atoms with E-state index in [-0.39, 0.29) is 0 Å². The molecule has 2 heterocycles. The first-order chi connectivity index (χ1) is 7.31. The van der Waals surface area contributed by atoms with E-state index in [1.54, 1.807) is 4.88 Å². The second kappa shape index (κ2) is 5.10. The van der Waals surface area contributed by atoms with Gasteiger partial charge in [0.05, 0.1) is 0 Å². The molecule has 1 aliphatic heterocycles. The molecular formula is C12H20N2S.